The summed E-state index contributed by atoms with van der Waals surface area (Å²) in [6, 6.07) is 8.22. The minimum atomic E-state index is 0.0482. The third-order valence-corrected chi connectivity index (χ3v) is 3.81. The molecule has 1 N–H and O–H groups in total. The van der Waals surface area contributed by atoms with Gasteiger partial charge >= 0.3 is 0 Å². The van der Waals surface area contributed by atoms with Crippen LogP contribution in [0.25, 0.3) is 0 Å². The second-order valence-electron chi connectivity index (χ2n) is 5.16. The minimum Gasteiger partial charge on any atom is -0.350 e. The Morgan fingerprint density at radius 3 is 2.89 bits per heavy atom. The van der Waals surface area contributed by atoms with E-state index in [1.807, 2.05) is 31.2 Å². The van der Waals surface area contributed by atoms with Crippen LogP contribution in [0, 0.1) is 6.92 Å². The minimum absolute atomic E-state index is 0.0482. The van der Waals surface area contributed by atoms with Gasteiger partial charge in [0, 0.05) is 18.2 Å². The standard InChI is InChI=1S/C15H22N2O/c1-12-7-3-4-9-14(12)15(18)16-11-13-8-5-6-10-17(13)2/h3-4,7,9,13H,5-6,8,10-11H2,1-2H3,(H,16,18). The van der Waals surface area contributed by atoms with E-state index in [1.54, 1.807) is 0 Å². The van der Waals surface area contributed by atoms with E-state index in [1.165, 1.54) is 19.3 Å². The van der Waals surface area contributed by atoms with Crippen LogP contribution in [0.3, 0.4) is 0 Å². The predicted octanol–water partition coefficient (Wildman–Crippen LogP) is 2.21. The Balaban J connectivity index is 1.90. The number of hydrogen-bond acceptors (Lipinski definition) is 2. The third-order valence-electron chi connectivity index (χ3n) is 3.81. The van der Waals surface area contributed by atoms with E-state index >= 15 is 0 Å². The molecule has 0 bridgehead atoms. The van der Waals surface area contributed by atoms with Gasteiger partial charge in [-0.3, -0.25) is 4.79 Å². The fourth-order valence-corrected chi connectivity index (χ4v) is 2.54. The van der Waals surface area contributed by atoms with Gasteiger partial charge in [0.2, 0.25) is 0 Å². The fraction of sp³-hybridized carbons (Fsp3) is 0.533. The monoisotopic (exact) mass is 246 g/mol. The Labute approximate surface area is 109 Å². The smallest absolute Gasteiger partial charge is 0.251 e. The topological polar surface area (TPSA) is 32.3 Å². The van der Waals surface area contributed by atoms with E-state index < -0.39 is 0 Å². The highest BCUT2D eigenvalue weighted by Crippen LogP contribution is 2.14. The van der Waals surface area contributed by atoms with Crippen molar-refractivity contribution in [3.63, 3.8) is 0 Å². The Kier molecular flexibility index (Phi) is 4.37. The molecule has 1 aliphatic rings. The molecule has 1 saturated heterocycles. The van der Waals surface area contributed by atoms with Crippen molar-refractivity contribution in [3.05, 3.63) is 35.4 Å². The van der Waals surface area contributed by atoms with Crippen molar-refractivity contribution in [1.29, 1.82) is 0 Å². The number of aryl methyl sites for hydroxylation is 1. The summed E-state index contributed by atoms with van der Waals surface area (Å²) in [5, 5.41) is 3.06. The zero-order valence-corrected chi connectivity index (χ0v) is 11.3. The molecule has 2 rings (SSSR count). The van der Waals surface area contributed by atoms with Gasteiger partial charge < -0.3 is 10.2 Å². The molecule has 98 valence electrons. The summed E-state index contributed by atoms with van der Waals surface area (Å²) in [6.07, 6.45) is 3.73. The van der Waals surface area contributed by atoms with Crippen molar-refractivity contribution in [2.24, 2.45) is 0 Å². The van der Waals surface area contributed by atoms with Gasteiger partial charge in [-0.15, -0.1) is 0 Å². The van der Waals surface area contributed by atoms with E-state index in [4.69, 9.17) is 0 Å². The van der Waals surface area contributed by atoms with Crippen molar-refractivity contribution < 1.29 is 4.79 Å². The molecular formula is C15H22N2O. The number of nitrogens with one attached hydrogen (secondary N) is 1. The lowest BCUT2D eigenvalue weighted by molar-refractivity contribution is 0.0928. The van der Waals surface area contributed by atoms with E-state index in [0.717, 1.165) is 24.2 Å². The van der Waals surface area contributed by atoms with E-state index in [0.29, 0.717) is 6.04 Å². The van der Waals surface area contributed by atoms with Crippen LogP contribution in [-0.2, 0) is 0 Å². The molecule has 1 fully saturated rings. The summed E-state index contributed by atoms with van der Waals surface area (Å²) in [7, 11) is 2.14. The second kappa shape index (κ2) is 6.01. The van der Waals surface area contributed by atoms with Crippen LogP contribution in [0.2, 0.25) is 0 Å². The normalized spacial score (nSPS) is 20.7. The number of amides is 1. The molecule has 18 heavy (non-hydrogen) atoms. The van der Waals surface area contributed by atoms with Crippen LogP contribution in [0.15, 0.2) is 24.3 Å². The molecule has 1 heterocycles. The quantitative estimate of drug-likeness (QED) is 0.887. The van der Waals surface area contributed by atoms with Crippen molar-refractivity contribution >= 4 is 5.91 Å². The first kappa shape index (κ1) is 13.1. The lowest BCUT2D eigenvalue weighted by atomic mass is 10.0. The Bertz CT molecular complexity index is 417. The molecule has 1 aromatic carbocycles. The lowest BCUT2D eigenvalue weighted by Gasteiger charge is -2.32. The van der Waals surface area contributed by atoms with Crippen molar-refractivity contribution in [3.8, 4) is 0 Å². The molecule has 0 radical (unpaired) electrons. The Morgan fingerprint density at radius 2 is 2.17 bits per heavy atom. The van der Waals surface area contributed by atoms with Gasteiger partial charge in [0.1, 0.15) is 0 Å². The van der Waals surface area contributed by atoms with Crippen molar-refractivity contribution in [2.45, 2.75) is 32.2 Å². The van der Waals surface area contributed by atoms with Crippen molar-refractivity contribution in [2.75, 3.05) is 20.1 Å². The average molecular weight is 246 g/mol. The van der Waals surface area contributed by atoms with E-state index in [-0.39, 0.29) is 5.91 Å². The second-order valence-corrected chi connectivity index (χ2v) is 5.16. The SMILES string of the molecule is Cc1ccccc1C(=O)NCC1CCCCN1C. The molecule has 1 unspecified atom stereocenters. The van der Waals surface area contributed by atoms with Gasteiger partial charge in [-0.1, -0.05) is 24.6 Å². The number of carbonyl (C=O) groups excluding carboxylic acids is 1. The number of rotatable bonds is 3. The highest BCUT2D eigenvalue weighted by atomic mass is 16.1. The number of carbonyl (C=O) groups is 1. The number of likely N-dealkylation sites (tertiary alicyclic amines) is 1. The van der Waals surface area contributed by atoms with Crippen LogP contribution in [0.1, 0.15) is 35.2 Å². The highest BCUT2D eigenvalue weighted by molar-refractivity contribution is 5.95. The summed E-state index contributed by atoms with van der Waals surface area (Å²) in [4.78, 5) is 14.4. The molecule has 1 atom stereocenters. The zero-order valence-electron chi connectivity index (χ0n) is 11.3. The average Bonchev–Trinajstić information content (AvgIpc) is 2.38. The highest BCUT2D eigenvalue weighted by Gasteiger charge is 2.19. The van der Waals surface area contributed by atoms with Crippen LogP contribution in [-0.4, -0.2) is 37.0 Å². The molecule has 3 heteroatoms. The molecule has 3 nitrogen and oxygen atoms in total. The third kappa shape index (κ3) is 3.10. The summed E-state index contributed by atoms with van der Waals surface area (Å²) < 4.78 is 0. The lowest BCUT2D eigenvalue weighted by Crippen LogP contribution is -2.44. The number of nitrogens with zero attached hydrogens (tertiary/aromatic N) is 1. The summed E-state index contributed by atoms with van der Waals surface area (Å²) in [5.74, 6) is 0.0482. The molecule has 0 saturated carbocycles. The maximum Gasteiger partial charge on any atom is 0.251 e. The zero-order chi connectivity index (χ0) is 13.0. The Morgan fingerprint density at radius 1 is 1.39 bits per heavy atom. The van der Waals surface area contributed by atoms with Gasteiger partial charge in [0.25, 0.3) is 5.91 Å². The van der Waals surface area contributed by atoms with Crippen LogP contribution >= 0.6 is 0 Å². The number of likely N-dealkylation sites (N-methyl/N-ethyl adjacent to an activating group) is 1. The Hall–Kier alpha value is -1.35. The van der Waals surface area contributed by atoms with Gasteiger partial charge in [-0.05, 0) is 45.0 Å². The molecular weight excluding hydrogens is 224 g/mol. The summed E-state index contributed by atoms with van der Waals surface area (Å²) in [5.41, 5.74) is 1.82. The first-order valence-electron chi connectivity index (χ1n) is 6.72. The molecule has 0 spiro atoms. The molecule has 1 aliphatic heterocycles. The van der Waals surface area contributed by atoms with E-state index in [9.17, 15) is 4.79 Å². The molecule has 0 aliphatic carbocycles. The van der Waals surface area contributed by atoms with Crippen LogP contribution in [0.4, 0.5) is 0 Å². The summed E-state index contributed by atoms with van der Waals surface area (Å²) in [6.45, 7) is 3.87. The maximum atomic E-state index is 12.1. The number of piperidine rings is 1. The van der Waals surface area contributed by atoms with Crippen molar-refractivity contribution in [1.82, 2.24) is 10.2 Å². The largest absolute Gasteiger partial charge is 0.350 e. The first-order valence-corrected chi connectivity index (χ1v) is 6.72. The van der Waals surface area contributed by atoms with Gasteiger partial charge in [-0.25, -0.2) is 0 Å². The van der Waals surface area contributed by atoms with Crippen LogP contribution in [0.5, 0.6) is 0 Å². The van der Waals surface area contributed by atoms with Gasteiger partial charge in [0.15, 0.2) is 0 Å². The first-order chi connectivity index (χ1) is 8.68. The predicted molar refractivity (Wildman–Crippen MR) is 73.8 cm³/mol. The molecule has 1 amide bonds. The molecule has 1 aromatic rings. The number of benzene rings is 1. The molecule has 0 aromatic heterocycles. The van der Waals surface area contributed by atoms with Gasteiger partial charge in [-0.2, -0.15) is 0 Å². The fourth-order valence-electron chi connectivity index (χ4n) is 2.54. The number of hydrogen-bond donors (Lipinski definition) is 1. The van der Waals surface area contributed by atoms with Crippen LogP contribution < -0.4 is 5.32 Å². The summed E-state index contributed by atoms with van der Waals surface area (Å²) >= 11 is 0. The van der Waals surface area contributed by atoms with E-state index in [2.05, 4.69) is 17.3 Å². The van der Waals surface area contributed by atoms with Gasteiger partial charge in [0.05, 0.1) is 0 Å². The maximum absolute atomic E-state index is 12.1.